The van der Waals surface area contributed by atoms with E-state index in [0.717, 1.165) is 22.5 Å². The molecule has 1 fully saturated rings. The van der Waals surface area contributed by atoms with Crippen LogP contribution in [0.1, 0.15) is 12.8 Å². The Hall–Kier alpha value is -3.18. The highest BCUT2D eigenvalue weighted by Crippen LogP contribution is 2.37. The molecule has 174 valence electrons. The van der Waals surface area contributed by atoms with Crippen molar-refractivity contribution in [1.29, 1.82) is 0 Å². The van der Waals surface area contributed by atoms with Crippen LogP contribution in [-0.2, 0) is 9.84 Å². The predicted octanol–water partition coefficient (Wildman–Crippen LogP) is 4.18. The molecule has 0 aliphatic carbocycles. The molecule has 33 heavy (non-hydrogen) atoms. The number of nitro benzene ring substituents is 1. The van der Waals surface area contributed by atoms with Gasteiger partial charge in [-0.05, 0) is 31.0 Å². The lowest BCUT2D eigenvalue weighted by Gasteiger charge is -2.31. The number of piperidine rings is 1. The summed E-state index contributed by atoms with van der Waals surface area (Å²) in [6.07, 6.45) is 0.845. The molecule has 0 radical (unpaired) electrons. The molecule has 1 aromatic heterocycles. The number of nitrogens with zero attached hydrogens (tertiary/aromatic N) is 3. The second-order valence-corrected chi connectivity index (χ2v) is 10.6. The van der Waals surface area contributed by atoms with Gasteiger partial charge in [-0.15, -0.1) is 11.3 Å². The molecule has 0 spiro atoms. The number of methoxy groups -OCH3 is 2. The normalized spacial score (nSPS) is 14.8. The van der Waals surface area contributed by atoms with E-state index >= 15 is 0 Å². The summed E-state index contributed by atoms with van der Waals surface area (Å²) in [5, 5.41) is 13.2. The largest absolute Gasteiger partial charge is 0.497 e. The lowest BCUT2D eigenvalue weighted by molar-refractivity contribution is -0.385. The zero-order chi connectivity index (χ0) is 23.6. The average molecular weight is 490 g/mol. The zero-order valence-corrected chi connectivity index (χ0v) is 19.8. The number of rotatable bonds is 7. The first-order chi connectivity index (χ1) is 15.8. The van der Waals surface area contributed by atoms with Gasteiger partial charge in [0.05, 0.1) is 35.0 Å². The molecule has 2 aromatic carbocycles. The highest BCUT2D eigenvalue weighted by atomic mass is 32.2. The molecular formula is C22H23N3O6S2. The second-order valence-electron chi connectivity index (χ2n) is 7.57. The Kier molecular flexibility index (Phi) is 6.52. The smallest absolute Gasteiger partial charge is 0.270 e. The molecule has 4 rings (SSSR count). The number of hydrogen-bond acceptors (Lipinski definition) is 9. The summed E-state index contributed by atoms with van der Waals surface area (Å²) in [7, 11) is -0.463. The fraction of sp³-hybridized carbons (Fsp3) is 0.318. The summed E-state index contributed by atoms with van der Waals surface area (Å²) < 4.78 is 36.8. The van der Waals surface area contributed by atoms with Gasteiger partial charge in [-0.1, -0.05) is 6.07 Å². The third kappa shape index (κ3) is 4.64. The number of nitro groups is 1. The van der Waals surface area contributed by atoms with E-state index < -0.39 is 20.0 Å². The van der Waals surface area contributed by atoms with Crippen LogP contribution >= 0.6 is 11.3 Å². The van der Waals surface area contributed by atoms with Gasteiger partial charge in [0.25, 0.3) is 5.69 Å². The van der Waals surface area contributed by atoms with Gasteiger partial charge in [0, 0.05) is 42.2 Å². The van der Waals surface area contributed by atoms with Crippen molar-refractivity contribution in [2.24, 2.45) is 0 Å². The molecule has 1 aliphatic heterocycles. The van der Waals surface area contributed by atoms with Crippen LogP contribution in [-0.4, -0.2) is 50.9 Å². The number of non-ortho nitro benzene ring substituents is 1. The number of aromatic nitrogens is 1. The maximum atomic E-state index is 13.0. The highest BCUT2D eigenvalue weighted by Gasteiger charge is 2.33. The molecule has 0 bridgehead atoms. The fourth-order valence-corrected chi connectivity index (χ4v) is 6.52. The van der Waals surface area contributed by atoms with Crippen molar-refractivity contribution in [2.45, 2.75) is 23.0 Å². The number of anilines is 1. The van der Waals surface area contributed by atoms with Gasteiger partial charge in [-0.25, -0.2) is 13.4 Å². The van der Waals surface area contributed by atoms with Crippen molar-refractivity contribution in [3.63, 3.8) is 0 Å². The third-order valence-electron chi connectivity index (χ3n) is 5.69. The van der Waals surface area contributed by atoms with E-state index in [0.29, 0.717) is 37.4 Å². The topological polar surface area (TPSA) is 112 Å². The minimum absolute atomic E-state index is 0.00159. The van der Waals surface area contributed by atoms with Crippen molar-refractivity contribution in [2.75, 3.05) is 32.2 Å². The molecule has 3 aromatic rings. The van der Waals surface area contributed by atoms with Crippen LogP contribution in [0.3, 0.4) is 0 Å². The zero-order valence-electron chi connectivity index (χ0n) is 18.1. The minimum atomic E-state index is -3.65. The molecule has 0 saturated carbocycles. The standard InChI is InChI=1S/C22H23N3O6S2/c1-30-16-6-7-19(21(13-16)31-2)20-14-32-22(23-20)24-10-8-17(9-11-24)33(28,29)18-5-3-4-15(12-18)25(26)27/h3-7,12-14,17H,8-11H2,1-2H3. The van der Waals surface area contributed by atoms with Crippen LogP contribution in [0, 0.1) is 10.1 Å². The van der Waals surface area contributed by atoms with E-state index in [9.17, 15) is 18.5 Å². The van der Waals surface area contributed by atoms with Crippen LogP contribution in [0.2, 0.25) is 0 Å². The molecule has 9 nitrogen and oxygen atoms in total. The number of ether oxygens (including phenoxy) is 2. The van der Waals surface area contributed by atoms with Crippen molar-refractivity contribution < 1.29 is 22.8 Å². The summed E-state index contributed by atoms with van der Waals surface area (Å²) in [4.78, 5) is 17.2. The number of thiazole rings is 1. The van der Waals surface area contributed by atoms with E-state index in [1.165, 1.54) is 29.5 Å². The van der Waals surface area contributed by atoms with E-state index in [2.05, 4.69) is 4.90 Å². The summed E-state index contributed by atoms with van der Waals surface area (Å²) in [6, 6.07) is 10.8. The molecule has 1 aliphatic rings. The lowest BCUT2D eigenvalue weighted by Crippen LogP contribution is -2.39. The van der Waals surface area contributed by atoms with Gasteiger partial charge >= 0.3 is 0 Å². The summed E-state index contributed by atoms with van der Waals surface area (Å²) in [5.41, 5.74) is 1.41. The van der Waals surface area contributed by atoms with E-state index in [1.54, 1.807) is 20.3 Å². The highest BCUT2D eigenvalue weighted by molar-refractivity contribution is 7.92. The lowest BCUT2D eigenvalue weighted by atomic mass is 10.1. The molecule has 0 unspecified atom stereocenters. The number of benzene rings is 2. The monoisotopic (exact) mass is 489 g/mol. The first kappa shape index (κ1) is 23.0. The minimum Gasteiger partial charge on any atom is -0.497 e. The van der Waals surface area contributed by atoms with E-state index in [1.807, 2.05) is 17.5 Å². The number of sulfone groups is 1. The van der Waals surface area contributed by atoms with Crippen molar-refractivity contribution in [3.8, 4) is 22.8 Å². The summed E-state index contributed by atoms with van der Waals surface area (Å²) >= 11 is 1.49. The van der Waals surface area contributed by atoms with Crippen LogP contribution < -0.4 is 14.4 Å². The SMILES string of the molecule is COc1ccc(-c2csc(N3CCC(S(=O)(=O)c4cccc([N+](=O)[O-])c4)CC3)n2)c(OC)c1. The quantitative estimate of drug-likeness (QED) is 0.359. The van der Waals surface area contributed by atoms with Crippen molar-refractivity contribution in [3.05, 3.63) is 58.0 Å². The fourth-order valence-electron chi connectivity index (χ4n) is 3.87. The Morgan fingerprint density at radius 1 is 1.12 bits per heavy atom. The van der Waals surface area contributed by atoms with Crippen molar-refractivity contribution in [1.82, 2.24) is 4.98 Å². The maximum Gasteiger partial charge on any atom is 0.270 e. The van der Waals surface area contributed by atoms with E-state index in [4.69, 9.17) is 14.5 Å². The maximum absolute atomic E-state index is 13.0. The van der Waals surface area contributed by atoms with Gasteiger partial charge in [0.2, 0.25) is 0 Å². The summed E-state index contributed by atoms with van der Waals surface area (Å²) in [5.74, 6) is 1.35. The Balaban J connectivity index is 1.48. The molecule has 1 saturated heterocycles. The molecule has 0 amide bonds. The molecule has 2 heterocycles. The molecule has 0 N–H and O–H groups in total. The van der Waals surface area contributed by atoms with Gasteiger partial charge in [-0.3, -0.25) is 10.1 Å². The Morgan fingerprint density at radius 3 is 2.55 bits per heavy atom. The Labute approximate surface area is 195 Å². The van der Waals surface area contributed by atoms with Crippen LogP contribution in [0.4, 0.5) is 10.8 Å². The first-order valence-electron chi connectivity index (χ1n) is 10.2. The van der Waals surface area contributed by atoms with Crippen LogP contribution in [0.5, 0.6) is 11.5 Å². The van der Waals surface area contributed by atoms with Gasteiger partial charge in [0.1, 0.15) is 11.5 Å². The average Bonchev–Trinajstić information content (AvgIpc) is 3.34. The van der Waals surface area contributed by atoms with E-state index in [-0.39, 0.29) is 10.6 Å². The second kappa shape index (κ2) is 9.36. The molecule has 0 atom stereocenters. The Morgan fingerprint density at radius 2 is 1.88 bits per heavy atom. The first-order valence-corrected chi connectivity index (χ1v) is 12.7. The van der Waals surface area contributed by atoms with Gasteiger partial charge in [-0.2, -0.15) is 0 Å². The van der Waals surface area contributed by atoms with Crippen LogP contribution in [0.15, 0.2) is 52.7 Å². The van der Waals surface area contributed by atoms with Gasteiger partial charge < -0.3 is 14.4 Å². The summed E-state index contributed by atoms with van der Waals surface area (Å²) in [6.45, 7) is 1.07. The predicted molar refractivity (Wildman–Crippen MR) is 126 cm³/mol. The Bertz CT molecular complexity index is 1270. The van der Waals surface area contributed by atoms with Gasteiger partial charge in [0.15, 0.2) is 15.0 Å². The third-order valence-corrected chi connectivity index (χ3v) is 8.85. The molecular weight excluding hydrogens is 466 g/mol. The van der Waals surface area contributed by atoms with Crippen molar-refractivity contribution >= 4 is 32.0 Å². The van der Waals surface area contributed by atoms with Crippen LogP contribution in [0.25, 0.3) is 11.3 Å². The number of hydrogen-bond donors (Lipinski definition) is 0. The molecule has 11 heteroatoms.